The first-order valence-corrected chi connectivity index (χ1v) is 9.21. The Morgan fingerprint density at radius 3 is 2.42 bits per heavy atom. The van der Waals surface area contributed by atoms with Crippen molar-refractivity contribution in [3.63, 3.8) is 0 Å². The summed E-state index contributed by atoms with van der Waals surface area (Å²) < 4.78 is 11.3. The van der Waals surface area contributed by atoms with Crippen molar-refractivity contribution in [2.75, 3.05) is 6.61 Å². The lowest BCUT2D eigenvalue weighted by molar-refractivity contribution is 0.0737. The minimum absolute atomic E-state index is 0.365. The first-order valence-electron chi connectivity index (χ1n) is 9.21. The Morgan fingerprint density at radius 2 is 1.62 bits per heavy atom. The molecule has 0 unspecified atom stereocenters. The van der Waals surface area contributed by atoms with Crippen molar-refractivity contribution in [2.24, 2.45) is 0 Å². The summed E-state index contributed by atoms with van der Waals surface area (Å²) in [5, 5.41) is 1.97. The molecule has 3 rings (SSSR count). The fraction of sp³-hybridized carbons (Fsp3) is 0.261. The van der Waals surface area contributed by atoms with Gasteiger partial charge >= 0.3 is 5.97 Å². The molecule has 0 atom stereocenters. The second kappa shape index (κ2) is 9.04. The number of ether oxygens (including phenoxy) is 2. The number of benzene rings is 3. The molecular formula is C23H24O3. The van der Waals surface area contributed by atoms with Crippen LogP contribution in [0.25, 0.3) is 10.8 Å². The third-order valence-electron chi connectivity index (χ3n) is 4.31. The third kappa shape index (κ3) is 4.63. The van der Waals surface area contributed by atoms with Gasteiger partial charge in [-0.1, -0.05) is 62.6 Å². The summed E-state index contributed by atoms with van der Waals surface area (Å²) in [6.07, 6.45) is 4.69. The van der Waals surface area contributed by atoms with Crippen molar-refractivity contribution in [1.82, 2.24) is 0 Å². The lowest BCUT2D eigenvalue weighted by atomic mass is 10.1. The molecule has 0 spiro atoms. The molecule has 3 aromatic rings. The van der Waals surface area contributed by atoms with Gasteiger partial charge in [-0.3, -0.25) is 0 Å². The van der Waals surface area contributed by atoms with Gasteiger partial charge in [-0.2, -0.15) is 0 Å². The van der Waals surface area contributed by atoms with Gasteiger partial charge in [-0.15, -0.1) is 0 Å². The average molecular weight is 348 g/mol. The highest BCUT2D eigenvalue weighted by molar-refractivity contribution is 5.95. The summed E-state index contributed by atoms with van der Waals surface area (Å²) in [6, 6.07) is 20.7. The number of carbonyl (C=O) groups excluding carboxylic acids is 1. The normalized spacial score (nSPS) is 10.7. The Bertz CT molecular complexity index is 847. The molecule has 134 valence electrons. The zero-order valence-corrected chi connectivity index (χ0v) is 15.1. The molecule has 0 heterocycles. The summed E-state index contributed by atoms with van der Waals surface area (Å²) in [7, 11) is 0. The molecule has 0 saturated heterocycles. The van der Waals surface area contributed by atoms with Crippen LogP contribution in [0.15, 0.2) is 66.7 Å². The highest BCUT2D eigenvalue weighted by Gasteiger charge is 2.11. The van der Waals surface area contributed by atoms with Crippen molar-refractivity contribution in [2.45, 2.75) is 32.6 Å². The first kappa shape index (κ1) is 18.0. The molecule has 3 nitrogen and oxygen atoms in total. The maximum atomic E-state index is 12.4. The summed E-state index contributed by atoms with van der Waals surface area (Å²) in [5.74, 6) is 0.989. The number of carbonyl (C=O) groups is 1. The van der Waals surface area contributed by atoms with Crippen LogP contribution in [0, 0.1) is 0 Å². The van der Waals surface area contributed by atoms with Crippen LogP contribution >= 0.6 is 0 Å². The van der Waals surface area contributed by atoms with Crippen LogP contribution in [0.2, 0.25) is 0 Å². The Kier molecular flexibility index (Phi) is 6.26. The maximum Gasteiger partial charge on any atom is 0.343 e. The standard InChI is InChI=1S/C23H24O3/c1-2-3-4-7-17-25-20-15-13-19(14-16-20)23(24)26-22-12-8-10-18-9-5-6-11-21(18)22/h5-6,8-16H,2-4,7,17H2,1H3. The van der Waals surface area contributed by atoms with Crippen LogP contribution in [0.1, 0.15) is 43.0 Å². The molecule has 0 aliphatic rings. The van der Waals surface area contributed by atoms with Gasteiger partial charge in [0, 0.05) is 5.39 Å². The van der Waals surface area contributed by atoms with Crippen LogP contribution in [0.4, 0.5) is 0 Å². The predicted molar refractivity (Wildman–Crippen MR) is 105 cm³/mol. The van der Waals surface area contributed by atoms with Gasteiger partial charge in [0.15, 0.2) is 0 Å². The van der Waals surface area contributed by atoms with E-state index < -0.39 is 0 Å². The van der Waals surface area contributed by atoms with Gasteiger partial charge < -0.3 is 9.47 Å². The number of unbranched alkanes of at least 4 members (excludes halogenated alkanes) is 3. The fourth-order valence-electron chi connectivity index (χ4n) is 2.85. The molecule has 0 aliphatic heterocycles. The number of rotatable bonds is 8. The molecule has 26 heavy (non-hydrogen) atoms. The Labute approximate surface area is 154 Å². The van der Waals surface area contributed by atoms with E-state index in [9.17, 15) is 4.79 Å². The summed E-state index contributed by atoms with van der Waals surface area (Å²) >= 11 is 0. The average Bonchev–Trinajstić information content (AvgIpc) is 2.68. The highest BCUT2D eigenvalue weighted by Crippen LogP contribution is 2.26. The summed E-state index contributed by atoms with van der Waals surface area (Å²) in [5.41, 5.74) is 0.510. The van der Waals surface area contributed by atoms with Crippen molar-refractivity contribution >= 4 is 16.7 Å². The molecular weight excluding hydrogens is 324 g/mol. The van der Waals surface area contributed by atoms with Crippen molar-refractivity contribution in [3.8, 4) is 11.5 Å². The van der Waals surface area contributed by atoms with Crippen LogP contribution in [0.3, 0.4) is 0 Å². The van der Waals surface area contributed by atoms with Gasteiger partial charge in [0.2, 0.25) is 0 Å². The minimum Gasteiger partial charge on any atom is -0.494 e. The van der Waals surface area contributed by atoms with Gasteiger partial charge in [0.1, 0.15) is 11.5 Å². The lowest BCUT2D eigenvalue weighted by Gasteiger charge is -2.09. The van der Waals surface area contributed by atoms with E-state index in [1.54, 1.807) is 12.1 Å². The topological polar surface area (TPSA) is 35.5 Å². The molecule has 0 amide bonds. The van der Waals surface area contributed by atoms with Crippen LogP contribution in [-0.2, 0) is 0 Å². The van der Waals surface area contributed by atoms with E-state index in [0.717, 1.165) is 22.9 Å². The number of esters is 1. The van der Waals surface area contributed by atoms with E-state index >= 15 is 0 Å². The van der Waals surface area contributed by atoms with Crippen LogP contribution in [-0.4, -0.2) is 12.6 Å². The SMILES string of the molecule is CCCCCCOc1ccc(C(=O)Oc2cccc3ccccc23)cc1. The smallest absolute Gasteiger partial charge is 0.343 e. The van der Waals surface area contributed by atoms with E-state index in [4.69, 9.17) is 9.47 Å². The number of hydrogen-bond donors (Lipinski definition) is 0. The van der Waals surface area contributed by atoms with Gasteiger partial charge in [-0.25, -0.2) is 4.79 Å². The molecule has 0 aliphatic carbocycles. The van der Waals surface area contributed by atoms with Crippen LogP contribution < -0.4 is 9.47 Å². The quantitative estimate of drug-likeness (QED) is 0.284. The largest absolute Gasteiger partial charge is 0.494 e. The molecule has 0 N–H and O–H groups in total. The Morgan fingerprint density at radius 1 is 0.846 bits per heavy atom. The molecule has 0 saturated carbocycles. The minimum atomic E-state index is -0.365. The van der Waals surface area contributed by atoms with E-state index in [2.05, 4.69) is 6.92 Å². The number of fused-ring (bicyclic) bond motifs is 1. The van der Waals surface area contributed by atoms with Crippen molar-refractivity contribution in [3.05, 3.63) is 72.3 Å². The second-order valence-corrected chi connectivity index (χ2v) is 6.30. The number of hydrogen-bond acceptors (Lipinski definition) is 3. The molecule has 0 fully saturated rings. The molecule has 3 heteroatoms. The van der Waals surface area contributed by atoms with Crippen molar-refractivity contribution in [1.29, 1.82) is 0 Å². The van der Waals surface area contributed by atoms with E-state index in [1.165, 1.54) is 19.3 Å². The third-order valence-corrected chi connectivity index (χ3v) is 4.31. The molecule has 3 aromatic carbocycles. The Balaban J connectivity index is 1.61. The molecule has 0 aromatic heterocycles. The fourth-order valence-corrected chi connectivity index (χ4v) is 2.85. The van der Waals surface area contributed by atoms with Crippen molar-refractivity contribution < 1.29 is 14.3 Å². The monoisotopic (exact) mass is 348 g/mol. The van der Waals surface area contributed by atoms with Gasteiger partial charge in [-0.05, 0) is 42.1 Å². The highest BCUT2D eigenvalue weighted by atomic mass is 16.5. The van der Waals surface area contributed by atoms with Gasteiger partial charge in [0.05, 0.1) is 12.2 Å². The van der Waals surface area contributed by atoms with E-state index in [-0.39, 0.29) is 5.97 Å². The molecule has 0 bridgehead atoms. The van der Waals surface area contributed by atoms with E-state index in [1.807, 2.05) is 54.6 Å². The van der Waals surface area contributed by atoms with E-state index in [0.29, 0.717) is 17.9 Å². The zero-order valence-electron chi connectivity index (χ0n) is 15.1. The predicted octanol–water partition coefficient (Wildman–Crippen LogP) is 6.02. The van der Waals surface area contributed by atoms with Crippen LogP contribution in [0.5, 0.6) is 11.5 Å². The Hall–Kier alpha value is -2.81. The summed E-state index contributed by atoms with van der Waals surface area (Å²) in [4.78, 5) is 12.4. The summed E-state index contributed by atoms with van der Waals surface area (Å²) in [6.45, 7) is 2.90. The van der Waals surface area contributed by atoms with Gasteiger partial charge in [0.25, 0.3) is 0 Å². The first-order chi connectivity index (χ1) is 12.8. The lowest BCUT2D eigenvalue weighted by Crippen LogP contribution is -2.08. The second-order valence-electron chi connectivity index (χ2n) is 6.30. The maximum absolute atomic E-state index is 12.4. The molecule has 0 radical (unpaired) electrons. The zero-order chi connectivity index (χ0) is 18.2.